The number of hydrogen-bond acceptors (Lipinski definition) is 8. The highest BCUT2D eigenvalue weighted by Gasteiger charge is 2.14. The van der Waals surface area contributed by atoms with Gasteiger partial charge in [-0.3, -0.25) is 9.78 Å². The third-order valence-electron chi connectivity index (χ3n) is 5.25. The Labute approximate surface area is 206 Å². The molecule has 0 aliphatic carbocycles. The number of amides is 1. The quantitative estimate of drug-likeness (QED) is 0.348. The Balaban J connectivity index is 1.53. The number of nitrogens with zero attached hydrogens (tertiary/aromatic N) is 5. The number of carbonyl (C=O) groups excluding carboxylic acids is 1. The fraction of sp³-hybridized carbons (Fsp3) is 0.115. The third kappa shape index (κ3) is 5.10. The number of pyridine rings is 1. The van der Waals surface area contributed by atoms with Crippen molar-refractivity contribution in [2.24, 2.45) is 0 Å². The first-order valence-corrected chi connectivity index (χ1v) is 11.8. The Morgan fingerprint density at radius 3 is 2.60 bits per heavy atom. The minimum absolute atomic E-state index is 0.0528. The summed E-state index contributed by atoms with van der Waals surface area (Å²) in [5, 5.41) is 6.82. The molecule has 0 fully saturated rings. The normalized spacial score (nSPS) is 10.8. The number of ether oxygens (including phenoxy) is 1. The average molecular weight is 483 g/mol. The van der Waals surface area contributed by atoms with Crippen molar-refractivity contribution in [2.45, 2.75) is 0 Å². The van der Waals surface area contributed by atoms with E-state index < -0.39 is 0 Å². The minimum Gasteiger partial charge on any atom is -0.484 e. The fourth-order valence-electron chi connectivity index (χ4n) is 3.36. The highest BCUT2D eigenvalue weighted by Crippen LogP contribution is 2.32. The van der Waals surface area contributed by atoms with Gasteiger partial charge in [-0.05, 0) is 30.3 Å². The van der Waals surface area contributed by atoms with Crippen LogP contribution in [0, 0.1) is 0 Å². The van der Waals surface area contributed by atoms with E-state index in [4.69, 9.17) is 19.7 Å². The van der Waals surface area contributed by atoms with Crippen LogP contribution in [0.15, 0.2) is 78.4 Å². The number of nitrogens with one attached hydrogen (secondary N) is 1. The van der Waals surface area contributed by atoms with Gasteiger partial charge in [-0.15, -0.1) is 11.3 Å². The summed E-state index contributed by atoms with van der Waals surface area (Å²) in [6, 6.07) is 19.3. The molecule has 0 aliphatic heterocycles. The van der Waals surface area contributed by atoms with E-state index in [1.807, 2.05) is 60.0 Å². The van der Waals surface area contributed by atoms with Crippen molar-refractivity contribution in [3.8, 4) is 28.4 Å². The zero-order valence-corrected chi connectivity index (χ0v) is 20.0. The molecule has 3 heterocycles. The van der Waals surface area contributed by atoms with Gasteiger partial charge in [0.15, 0.2) is 17.6 Å². The van der Waals surface area contributed by atoms with Gasteiger partial charge in [0.05, 0.1) is 11.2 Å². The van der Waals surface area contributed by atoms with Gasteiger partial charge < -0.3 is 15.0 Å². The van der Waals surface area contributed by atoms with Gasteiger partial charge in [-0.25, -0.2) is 15.0 Å². The van der Waals surface area contributed by atoms with Crippen LogP contribution in [0.3, 0.4) is 0 Å². The summed E-state index contributed by atoms with van der Waals surface area (Å²) in [6.45, 7) is -0.0528. The molecule has 5 aromatic rings. The van der Waals surface area contributed by atoms with Crippen molar-refractivity contribution in [3.05, 3.63) is 78.4 Å². The Morgan fingerprint density at radius 2 is 1.83 bits per heavy atom. The first-order valence-electron chi connectivity index (χ1n) is 10.9. The summed E-state index contributed by atoms with van der Waals surface area (Å²) >= 11 is 1.49. The predicted octanol–water partition coefficient (Wildman–Crippen LogP) is 5.03. The van der Waals surface area contributed by atoms with Crippen LogP contribution >= 0.6 is 11.3 Å². The van der Waals surface area contributed by atoms with E-state index >= 15 is 0 Å². The van der Waals surface area contributed by atoms with Gasteiger partial charge in [-0.2, -0.15) is 0 Å². The number of benzene rings is 2. The van der Waals surface area contributed by atoms with Crippen LogP contribution in [0.25, 0.3) is 33.5 Å². The number of carbonyl (C=O) groups is 1. The van der Waals surface area contributed by atoms with Crippen LogP contribution in [-0.2, 0) is 4.79 Å². The summed E-state index contributed by atoms with van der Waals surface area (Å²) in [7, 11) is 3.39. The molecule has 5 rings (SSSR count). The van der Waals surface area contributed by atoms with Crippen molar-refractivity contribution < 1.29 is 9.53 Å². The van der Waals surface area contributed by atoms with Gasteiger partial charge in [0.1, 0.15) is 11.6 Å². The van der Waals surface area contributed by atoms with Crippen molar-refractivity contribution in [2.75, 3.05) is 26.0 Å². The molecule has 0 saturated carbocycles. The highest BCUT2D eigenvalue weighted by molar-refractivity contribution is 7.14. The second kappa shape index (κ2) is 9.86. The van der Waals surface area contributed by atoms with E-state index in [2.05, 4.69) is 10.3 Å². The van der Waals surface area contributed by atoms with E-state index in [1.165, 1.54) is 16.2 Å². The zero-order valence-electron chi connectivity index (χ0n) is 19.2. The number of thiazole rings is 1. The lowest BCUT2D eigenvalue weighted by molar-refractivity contribution is -0.130. The van der Waals surface area contributed by atoms with Gasteiger partial charge in [0.25, 0.3) is 5.91 Å². The largest absolute Gasteiger partial charge is 0.484 e. The van der Waals surface area contributed by atoms with Gasteiger partial charge >= 0.3 is 0 Å². The third-order valence-corrected chi connectivity index (χ3v) is 6.00. The summed E-state index contributed by atoms with van der Waals surface area (Å²) in [5.74, 6) is 1.57. The maximum atomic E-state index is 12.0. The van der Waals surface area contributed by atoms with Crippen LogP contribution in [0.1, 0.15) is 0 Å². The molecular weight excluding hydrogens is 460 g/mol. The Bertz CT molecular complexity index is 1470. The van der Waals surface area contributed by atoms with Crippen LogP contribution in [0.4, 0.5) is 10.9 Å². The number of anilines is 2. The maximum Gasteiger partial charge on any atom is 0.259 e. The minimum atomic E-state index is -0.122. The molecular formula is C26H22N6O2S. The van der Waals surface area contributed by atoms with E-state index in [1.54, 1.807) is 32.6 Å². The molecule has 2 aromatic carbocycles. The molecule has 0 atom stereocenters. The van der Waals surface area contributed by atoms with Crippen molar-refractivity contribution in [3.63, 3.8) is 0 Å². The van der Waals surface area contributed by atoms with Gasteiger partial charge in [0, 0.05) is 48.4 Å². The lowest BCUT2D eigenvalue weighted by atomic mass is 10.2. The molecule has 8 nitrogen and oxygen atoms in total. The molecule has 0 aliphatic rings. The molecule has 174 valence electrons. The molecule has 0 radical (unpaired) electrons. The van der Waals surface area contributed by atoms with Crippen molar-refractivity contribution >= 4 is 39.1 Å². The van der Waals surface area contributed by atoms with Crippen molar-refractivity contribution in [1.29, 1.82) is 0 Å². The lowest BCUT2D eigenvalue weighted by Gasteiger charge is -2.13. The first-order chi connectivity index (χ1) is 17.1. The standard InChI is InChI=1S/C26H22N6O2S/c1-32(2)23(33)15-34-19-10-11-21-20(13-19)25(30-24(28-21)18-9-6-12-27-14-18)31-26-29-22(16-35-26)17-7-4-3-5-8-17/h3-14,16H,15H2,1-2H3,(H,28,29,30,31). The molecule has 0 unspecified atom stereocenters. The molecule has 3 aromatic heterocycles. The lowest BCUT2D eigenvalue weighted by Crippen LogP contribution is -2.27. The van der Waals surface area contributed by atoms with Crippen molar-refractivity contribution in [1.82, 2.24) is 24.8 Å². The molecule has 0 bridgehead atoms. The molecule has 1 amide bonds. The second-order valence-corrected chi connectivity index (χ2v) is 8.78. The number of rotatable bonds is 7. The fourth-order valence-corrected chi connectivity index (χ4v) is 4.08. The van der Waals surface area contributed by atoms with Gasteiger partial charge in [-0.1, -0.05) is 30.3 Å². The zero-order chi connectivity index (χ0) is 24.2. The molecule has 9 heteroatoms. The summed E-state index contributed by atoms with van der Waals surface area (Å²) < 4.78 is 5.72. The number of aromatic nitrogens is 4. The topological polar surface area (TPSA) is 93.1 Å². The summed E-state index contributed by atoms with van der Waals surface area (Å²) in [5.41, 5.74) is 3.46. The summed E-state index contributed by atoms with van der Waals surface area (Å²) in [6.07, 6.45) is 3.44. The van der Waals surface area contributed by atoms with E-state index in [0.29, 0.717) is 22.5 Å². The maximum absolute atomic E-state index is 12.0. The Hall–Kier alpha value is -4.37. The first kappa shape index (κ1) is 22.4. The average Bonchev–Trinajstić information content (AvgIpc) is 3.36. The van der Waals surface area contributed by atoms with Gasteiger partial charge in [0.2, 0.25) is 0 Å². The molecule has 0 spiro atoms. The summed E-state index contributed by atoms with van der Waals surface area (Å²) in [4.78, 5) is 31.9. The second-order valence-electron chi connectivity index (χ2n) is 7.92. The number of hydrogen-bond donors (Lipinski definition) is 1. The van der Waals surface area contributed by atoms with E-state index in [9.17, 15) is 4.79 Å². The molecule has 1 N–H and O–H groups in total. The number of fused-ring (bicyclic) bond motifs is 1. The highest BCUT2D eigenvalue weighted by atomic mass is 32.1. The van der Waals surface area contributed by atoms with Crippen LogP contribution in [-0.4, -0.2) is 51.4 Å². The number of likely N-dealkylation sites (N-methyl/N-ethyl adjacent to an activating group) is 1. The molecule has 35 heavy (non-hydrogen) atoms. The Kier molecular flexibility index (Phi) is 6.32. The van der Waals surface area contributed by atoms with Crippen LogP contribution < -0.4 is 10.1 Å². The van der Waals surface area contributed by atoms with Crippen LogP contribution in [0.5, 0.6) is 5.75 Å². The molecule has 0 saturated heterocycles. The predicted molar refractivity (Wildman–Crippen MR) is 138 cm³/mol. The van der Waals surface area contributed by atoms with E-state index in [0.717, 1.165) is 27.7 Å². The van der Waals surface area contributed by atoms with E-state index in [-0.39, 0.29) is 12.5 Å². The Morgan fingerprint density at radius 1 is 1.00 bits per heavy atom. The van der Waals surface area contributed by atoms with Crippen LogP contribution in [0.2, 0.25) is 0 Å². The smallest absolute Gasteiger partial charge is 0.259 e. The monoisotopic (exact) mass is 482 g/mol. The SMILES string of the molecule is CN(C)C(=O)COc1ccc2nc(-c3cccnc3)nc(Nc3nc(-c4ccccc4)cs3)c2c1.